The van der Waals surface area contributed by atoms with E-state index < -0.39 is 0 Å². The average molecular weight is 266 g/mol. The lowest BCUT2D eigenvalue weighted by atomic mass is 9.90. The molecule has 1 fully saturated rings. The summed E-state index contributed by atoms with van der Waals surface area (Å²) in [5, 5.41) is 8.44. The van der Waals surface area contributed by atoms with Gasteiger partial charge in [-0.3, -0.25) is 4.79 Å². The van der Waals surface area contributed by atoms with Crippen LogP contribution in [-0.2, 0) is 11.3 Å². The number of amides is 1. The average Bonchev–Trinajstić information content (AvgIpc) is 2.81. The molecule has 2 unspecified atom stereocenters. The molecule has 1 aromatic heterocycles. The van der Waals surface area contributed by atoms with E-state index >= 15 is 0 Å². The zero-order chi connectivity index (χ0) is 13.0. The van der Waals surface area contributed by atoms with Gasteiger partial charge in [0.2, 0.25) is 5.91 Å². The zero-order valence-electron chi connectivity index (χ0n) is 11.2. The summed E-state index contributed by atoms with van der Waals surface area (Å²) < 4.78 is 0. The van der Waals surface area contributed by atoms with Gasteiger partial charge in [0.15, 0.2) is 0 Å². The monoisotopic (exact) mass is 266 g/mol. The van der Waals surface area contributed by atoms with Crippen molar-refractivity contribution in [3.05, 3.63) is 21.9 Å². The molecule has 0 aliphatic carbocycles. The van der Waals surface area contributed by atoms with E-state index in [-0.39, 0.29) is 11.9 Å². The Hall–Kier alpha value is -0.870. The van der Waals surface area contributed by atoms with Crippen LogP contribution in [0.4, 0.5) is 0 Å². The van der Waals surface area contributed by atoms with Crippen LogP contribution in [0.25, 0.3) is 0 Å². The third kappa shape index (κ3) is 3.33. The Labute approximate surface area is 113 Å². The molecule has 0 radical (unpaired) electrons. The van der Waals surface area contributed by atoms with Crippen LogP contribution in [0, 0.1) is 12.8 Å². The first-order valence-corrected chi connectivity index (χ1v) is 7.62. The van der Waals surface area contributed by atoms with E-state index in [9.17, 15) is 4.79 Å². The molecule has 0 aromatic carbocycles. The van der Waals surface area contributed by atoms with Gasteiger partial charge in [-0.1, -0.05) is 13.3 Å². The van der Waals surface area contributed by atoms with Crippen molar-refractivity contribution in [2.75, 3.05) is 6.54 Å². The highest BCUT2D eigenvalue weighted by molar-refractivity contribution is 7.10. The maximum Gasteiger partial charge on any atom is 0.237 e. The predicted molar refractivity (Wildman–Crippen MR) is 75.7 cm³/mol. The smallest absolute Gasteiger partial charge is 0.237 e. The Bertz CT molecular complexity index is 402. The van der Waals surface area contributed by atoms with Crippen LogP contribution < -0.4 is 10.6 Å². The largest absolute Gasteiger partial charge is 0.350 e. The maximum atomic E-state index is 12.1. The quantitative estimate of drug-likeness (QED) is 0.879. The lowest BCUT2D eigenvalue weighted by molar-refractivity contribution is -0.124. The molecule has 1 amide bonds. The van der Waals surface area contributed by atoms with Crippen molar-refractivity contribution >= 4 is 17.2 Å². The van der Waals surface area contributed by atoms with Crippen LogP contribution >= 0.6 is 11.3 Å². The van der Waals surface area contributed by atoms with E-state index in [1.54, 1.807) is 11.3 Å². The molecule has 3 nitrogen and oxygen atoms in total. The predicted octanol–water partition coefficient (Wildman–Crippen LogP) is 2.45. The topological polar surface area (TPSA) is 41.1 Å². The minimum absolute atomic E-state index is 0.00367. The summed E-state index contributed by atoms with van der Waals surface area (Å²) in [5.41, 5.74) is 1.27. The molecule has 1 saturated heterocycles. The van der Waals surface area contributed by atoms with Gasteiger partial charge in [0.25, 0.3) is 0 Å². The van der Waals surface area contributed by atoms with Crippen molar-refractivity contribution in [3.8, 4) is 0 Å². The molecule has 1 aliphatic rings. The van der Waals surface area contributed by atoms with Crippen LogP contribution in [0.1, 0.15) is 36.6 Å². The summed E-state index contributed by atoms with van der Waals surface area (Å²) in [6.07, 6.45) is 3.35. The number of nitrogens with one attached hydrogen (secondary N) is 2. The molecular formula is C14H22N2OS. The van der Waals surface area contributed by atoms with Gasteiger partial charge in [-0.15, -0.1) is 11.3 Å². The van der Waals surface area contributed by atoms with Crippen LogP contribution in [-0.4, -0.2) is 18.5 Å². The highest BCUT2D eigenvalue weighted by Gasteiger charge is 2.25. The van der Waals surface area contributed by atoms with Gasteiger partial charge in [0.05, 0.1) is 12.6 Å². The fourth-order valence-corrected chi connectivity index (χ4v) is 3.29. The van der Waals surface area contributed by atoms with Gasteiger partial charge >= 0.3 is 0 Å². The van der Waals surface area contributed by atoms with Gasteiger partial charge in [0.1, 0.15) is 0 Å². The number of rotatable bonds is 4. The van der Waals surface area contributed by atoms with Crippen molar-refractivity contribution in [3.63, 3.8) is 0 Å². The highest BCUT2D eigenvalue weighted by atomic mass is 32.1. The number of aryl methyl sites for hydroxylation is 1. The molecule has 2 heterocycles. The summed E-state index contributed by atoms with van der Waals surface area (Å²) in [7, 11) is 0. The van der Waals surface area contributed by atoms with Crippen LogP contribution in [0.5, 0.6) is 0 Å². The summed E-state index contributed by atoms with van der Waals surface area (Å²) in [4.78, 5) is 13.4. The van der Waals surface area contributed by atoms with Gasteiger partial charge in [-0.05, 0) is 49.2 Å². The Morgan fingerprint density at radius 1 is 1.61 bits per heavy atom. The maximum absolute atomic E-state index is 12.1. The highest BCUT2D eigenvalue weighted by Crippen LogP contribution is 2.20. The van der Waals surface area contributed by atoms with Gasteiger partial charge in [-0.2, -0.15) is 0 Å². The third-order valence-corrected chi connectivity index (χ3v) is 4.82. The SMILES string of the molecule is CCC1CCNC(C(=O)NCc2sccc2C)C1. The van der Waals surface area contributed by atoms with Crippen LogP contribution in [0.3, 0.4) is 0 Å². The molecule has 0 bridgehead atoms. The van der Waals surface area contributed by atoms with E-state index in [0.717, 1.165) is 13.0 Å². The molecule has 4 heteroatoms. The van der Waals surface area contributed by atoms with Crippen molar-refractivity contribution in [2.45, 2.75) is 45.7 Å². The lowest BCUT2D eigenvalue weighted by Crippen LogP contribution is -2.48. The number of piperidine rings is 1. The number of hydrogen-bond donors (Lipinski definition) is 2. The Balaban J connectivity index is 1.82. The van der Waals surface area contributed by atoms with Gasteiger partial charge < -0.3 is 10.6 Å². The molecule has 2 atom stereocenters. The van der Waals surface area contributed by atoms with Gasteiger partial charge in [0, 0.05) is 4.88 Å². The van der Waals surface area contributed by atoms with E-state index in [1.807, 2.05) is 0 Å². The van der Waals surface area contributed by atoms with Crippen LogP contribution in [0.2, 0.25) is 0 Å². The number of hydrogen-bond acceptors (Lipinski definition) is 3. The van der Waals surface area contributed by atoms with E-state index in [4.69, 9.17) is 0 Å². The first kappa shape index (κ1) is 13.6. The summed E-state index contributed by atoms with van der Waals surface area (Å²) in [6.45, 7) is 5.93. The van der Waals surface area contributed by atoms with E-state index in [0.29, 0.717) is 12.5 Å². The fourth-order valence-electron chi connectivity index (χ4n) is 2.44. The minimum atomic E-state index is 0.00367. The Kier molecular flexibility index (Phi) is 4.78. The first-order chi connectivity index (χ1) is 8.70. The van der Waals surface area contributed by atoms with Crippen molar-refractivity contribution < 1.29 is 4.79 Å². The third-order valence-electron chi connectivity index (χ3n) is 3.80. The van der Waals surface area contributed by atoms with Gasteiger partial charge in [-0.25, -0.2) is 0 Å². The van der Waals surface area contributed by atoms with E-state index in [1.165, 1.54) is 23.3 Å². The number of carbonyl (C=O) groups excluding carboxylic acids is 1. The van der Waals surface area contributed by atoms with Crippen molar-refractivity contribution in [1.29, 1.82) is 0 Å². The molecule has 100 valence electrons. The second-order valence-electron chi connectivity index (χ2n) is 5.05. The molecule has 1 aliphatic heterocycles. The fraction of sp³-hybridized carbons (Fsp3) is 0.643. The molecule has 2 rings (SSSR count). The van der Waals surface area contributed by atoms with Crippen LogP contribution in [0.15, 0.2) is 11.4 Å². The molecule has 1 aromatic rings. The molecule has 0 saturated carbocycles. The lowest BCUT2D eigenvalue weighted by Gasteiger charge is -2.28. The van der Waals surface area contributed by atoms with E-state index in [2.05, 4.69) is 35.9 Å². The molecule has 2 N–H and O–H groups in total. The summed E-state index contributed by atoms with van der Waals surface area (Å²) >= 11 is 1.71. The zero-order valence-corrected chi connectivity index (χ0v) is 12.0. The number of thiophene rings is 1. The minimum Gasteiger partial charge on any atom is -0.350 e. The standard InChI is InChI=1S/C14H22N2OS/c1-3-11-4-6-15-12(8-11)14(17)16-9-13-10(2)5-7-18-13/h5,7,11-12,15H,3-4,6,8-9H2,1-2H3,(H,16,17). The second-order valence-corrected chi connectivity index (χ2v) is 6.05. The molecule has 18 heavy (non-hydrogen) atoms. The molecule has 0 spiro atoms. The Morgan fingerprint density at radius 3 is 3.11 bits per heavy atom. The Morgan fingerprint density at radius 2 is 2.44 bits per heavy atom. The first-order valence-electron chi connectivity index (χ1n) is 6.74. The molecular weight excluding hydrogens is 244 g/mol. The normalized spacial score (nSPS) is 23.9. The summed E-state index contributed by atoms with van der Waals surface area (Å²) in [6, 6.07) is 2.10. The second kappa shape index (κ2) is 6.34. The summed E-state index contributed by atoms with van der Waals surface area (Å²) in [5.74, 6) is 0.853. The number of carbonyl (C=O) groups is 1. The van der Waals surface area contributed by atoms with Crippen molar-refractivity contribution in [2.24, 2.45) is 5.92 Å². The van der Waals surface area contributed by atoms with Crippen molar-refractivity contribution in [1.82, 2.24) is 10.6 Å².